The lowest BCUT2D eigenvalue weighted by molar-refractivity contribution is 0.547. The zero-order valence-corrected chi connectivity index (χ0v) is 12.0. The molecular weight excluding hydrogens is 241 g/mol. The van der Waals surface area contributed by atoms with Gasteiger partial charge in [0.1, 0.15) is 11.6 Å². The highest BCUT2D eigenvalue weighted by Crippen LogP contribution is 2.27. The Morgan fingerprint density at radius 1 is 1.42 bits per heavy atom. The standard InChI is InChI=1S/C15H24FN3/c1-3-14-7-5-4-6-8-19(14)15-12(10-17-2)9-13(16)11-18-15/h9,11,14,17H,3-8,10H2,1-2H3. The summed E-state index contributed by atoms with van der Waals surface area (Å²) in [7, 11) is 1.88. The quantitative estimate of drug-likeness (QED) is 0.906. The van der Waals surface area contributed by atoms with Gasteiger partial charge in [-0.2, -0.15) is 0 Å². The molecule has 0 saturated carbocycles. The Kier molecular flexibility index (Phi) is 5.14. The number of halogens is 1. The molecular formula is C15H24FN3. The maximum Gasteiger partial charge on any atom is 0.141 e. The van der Waals surface area contributed by atoms with Crippen LogP contribution >= 0.6 is 0 Å². The van der Waals surface area contributed by atoms with Crippen molar-refractivity contribution >= 4 is 5.82 Å². The first-order chi connectivity index (χ1) is 9.26. The van der Waals surface area contributed by atoms with Gasteiger partial charge in [0.2, 0.25) is 0 Å². The Labute approximate surface area is 115 Å². The molecule has 1 aromatic rings. The Morgan fingerprint density at radius 2 is 2.26 bits per heavy atom. The third kappa shape index (κ3) is 3.44. The van der Waals surface area contributed by atoms with Crippen LogP contribution in [0, 0.1) is 5.82 Å². The molecule has 1 fully saturated rings. The lowest BCUT2D eigenvalue weighted by atomic mass is 10.1. The number of aromatic nitrogens is 1. The van der Waals surface area contributed by atoms with Gasteiger partial charge in [-0.1, -0.05) is 19.8 Å². The van der Waals surface area contributed by atoms with Crippen LogP contribution in [0.5, 0.6) is 0 Å². The molecule has 2 heterocycles. The van der Waals surface area contributed by atoms with Gasteiger partial charge in [0.05, 0.1) is 6.20 Å². The molecule has 4 heteroatoms. The second kappa shape index (κ2) is 6.85. The maximum absolute atomic E-state index is 13.4. The number of anilines is 1. The summed E-state index contributed by atoms with van der Waals surface area (Å²) in [5.74, 6) is 0.710. The van der Waals surface area contributed by atoms with Crippen LogP contribution in [0.25, 0.3) is 0 Å². The normalized spacial score (nSPS) is 20.4. The summed E-state index contributed by atoms with van der Waals surface area (Å²) in [6.45, 7) is 3.92. The van der Waals surface area contributed by atoms with E-state index in [9.17, 15) is 4.39 Å². The molecule has 106 valence electrons. The van der Waals surface area contributed by atoms with Gasteiger partial charge in [-0.15, -0.1) is 0 Å². The molecule has 1 N–H and O–H groups in total. The minimum absolute atomic E-state index is 0.253. The third-order valence-corrected chi connectivity index (χ3v) is 3.90. The van der Waals surface area contributed by atoms with E-state index in [2.05, 4.69) is 22.1 Å². The minimum Gasteiger partial charge on any atom is -0.353 e. The summed E-state index contributed by atoms with van der Waals surface area (Å²) in [4.78, 5) is 6.76. The monoisotopic (exact) mass is 265 g/mol. The van der Waals surface area contributed by atoms with E-state index >= 15 is 0 Å². The van der Waals surface area contributed by atoms with Crippen molar-refractivity contribution in [2.75, 3.05) is 18.5 Å². The van der Waals surface area contributed by atoms with E-state index in [1.165, 1.54) is 31.9 Å². The number of nitrogens with one attached hydrogen (secondary N) is 1. The van der Waals surface area contributed by atoms with E-state index in [0.29, 0.717) is 12.6 Å². The fraction of sp³-hybridized carbons (Fsp3) is 0.667. The highest BCUT2D eigenvalue weighted by atomic mass is 19.1. The van der Waals surface area contributed by atoms with Gasteiger partial charge in [-0.25, -0.2) is 9.37 Å². The SMILES string of the molecule is CCC1CCCCCN1c1ncc(F)cc1CNC. The molecule has 3 nitrogen and oxygen atoms in total. The zero-order valence-electron chi connectivity index (χ0n) is 12.0. The van der Waals surface area contributed by atoms with Crippen LogP contribution in [0.3, 0.4) is 0 Å². The average Bonchev–Trinajstić information content (AvgIpc) is 2.64. The summed E-state index contributed by atoms with van der Waals surface area (Å²) in [5, 5.41) is 3.11. The van der Waals surface area contributed by atoms with Gasteiger partial charge in [-0.3, -0.25) is 0 Å². The predicted octanol–water partition coefficient (Wildman–Crippen LogP) is 3.10. The number of pyridine rings is 1. The van der Waals surface area contributed by atoms with Crippen LogP contribution in [-0.4, -0.2) is 24.6 Å². The summed E-state index contributed by atoms with van der Waals surface area (Å²) < 4.78 is 13.4. The van der Waals surface area contributed by atoms with E-state index in [4.69, 9.17) is 0 Å². The topological polar surface area (TPSA) is 28.2 Å². The molecule has 1 atom stereocenters. The third-order valence-electron chi connectivity index (χ3n) is 3.90. The first-order valence-electron chi connectivity index (χ1n) is 7.32. The Balaban J connectivity index is 2.31. The highest BCUT2D eigenvalue weighted by molar-refractivity contribution is 5.48. The number of hydrogen-bond acceptors (Lipinski definition) is 3. The lowest BCUT2D eigenvalue weighted by Gasteiger charge is -2.32. The Morgan fingerprint density at radius 3 is 3.00 bits per heavy atom. The van der Waals surface area contributed by atoms with Crippen molar-refractivity contribution in [1.82, 2.24) is 10.3 Å². The number of hydrogen-bond donors (Lipinski definition) is 1. The first-order valence-corrected chi connectivity index (χ1v) is 7.32. The van der Waals surface area contributed by atoms with Gasteiger partial charge in [0.25, 0.3) is 0 Å². The molecule has 0 spiro atoms. The van der Waals surface area contributed by atoms with E-state index in [1.54, 1.807) is 6.07 Å². The number of nitrogens with zero attached hydrogens (tertiary/aromatic N) is 2. The van der Waals surface area contributed by atoms with Crippen LogP contribution in [0.15, 0.2) is 12.3 Å². The van der Waals surface area contributed by atoms with Crippen molar-refractivity contribution < 1.29 is 4.39 Å². The summed E-state index contributed by atoms with van der Waals surface area (Å²) in [6, 6.07) is 2.15. The van der Waals surface area contributed by atoms with E-state index in [-0.39, 0.29) is 5.82 Å². The van der Waals surface area contributed by atoms with Crippen molar-refractivity contribution in [3.8, 4) is 0 Å². The van der Waals surface area contributed by atoms with Crippen molar-refractivity contribution in [3.05, 3.63) is 23.6 Å². The fourth-order valence-electron chi connectivity index (χ4n) is 2.93. The van der Waals surface area contributed by atoms with Crippen molar-refractivity contribution in [1.29, 1.82) is 0 Å². The number of rotatable bonds is 4. The lowest BCUT2D eigenvalue weighted by Crippen LogP contribution is -2.36. The van der Waals surface area contributed by atoms with Crippen LogP contribution in [-0.2, 0) is 6.54 Å². The second-order valence-electron chi connectivity index (χ2n) is 5.27. The highest BCUT2D eigenvalue weighted by Gasteiger charge is 2.22. The predicted molar refractivity (Wildman–Crippen MR) is 76.9 cm³/mol. The molecule has 2 rings (SSSR count). The average molecular weight is 265 g/mol. The van der Waals surface area contributed by atoms with Crippen LogP contribution in [0.1, 0.15) is 44.6 Å². The molecule has 0 amide bonds. The fourth-order valence-corrected chi connectivity index (χ4v) is 2.93. The van der Waals surface area contributed by atoms with E-state index in [1.807, 2.05) is 7.05 Å². The van der Waals surface area contributed by atoms with Gasteiger partial charge in [0, 0.05) is 24.7 Å². The van der Waals surface area contributed by atoms with Gasteiger partial charge in [-0.05, 0) is 32.4 Å². The Hall–Kier alpha value is -1.16. The minimum atomic E-state index is -0.253. The van der Waals surface area contributed by atoms with Crippen LogP contribution in [0.4, 0.5) is 10.2 Å². The van der Waals surface area contributed by atoms with E-state index in [0.717, 1.165) is 24.3 Å². The molecule has 1 aliphatic heterocycles. The molecule has 0 radical (unpaired) electrons. The zero-order chi connectivity index (χ0) is 13.7. The summed E-state index contributed by atoms with van der Waals surface area (Å²) in [6.07, 6.45) is 7.46. The van der Waals surface area contributed by atoms with Crippen LogP contribution in [0.2, 0.25) is 0 Å². The molecule has 1 aliphatic rings. The van der Waals surface area contributed by atoms with Crippen molar-refractivity contribution in [2.45, 2.75) is 51.6 Å². The summed E-state index contributed by atoms with van der Waals surface area (Å²) >= 11 is 0. The molecule has 0 aliphatic carbocycles. The van der Waals surface area contributed by atoms with Gasteiger partial charge < -0.3 is 10.2 Å². The first kappa shape index (κ1) is 14.3. The molecule has 0 bridgehead atoms. The van der Waals surface area contributed by atoms with Crippen molar-refractivity contribution in [3.63, 3.8) is 0 Å². The van der Waals surface area contributed by atoms with E-state index < -0.39 is 0 Å². The maximum atomic E-state index is 13.4. The van der Waals surface area contributed by atoms with Gasteiger partial charge in [0.15, 0.2) is 0 Å². The molecule has 19 heavy (non-hydrogen) atoms. The Bertz CT molecular complexity index is 408. The second-order valence-corrected chi connectivity index (χ2v) is 5.27. The van der Waals surface area contributed by atoms with Crippen molar-refractivity contribution in [2.24, 2.45) is 0 Å². The van der Waals surface area contributed by atoms with Gasteiger partial charge >= 0.3 is 0 Å². The molecule has 0 aromatic carbocycles. The molecule has 1 unspecified atom stereocenters. The largest absolute Gasteiger partial charge is 0.353 e. The summed E-state index contributed by atoms with van der Waals surface area (Å²) in [5.41, 5.74) is 0.961. The molecule has 1 saturated heterocycles. The van der Waals surface area contributed by atoms with Crippen LogP contribution < -0.4 is 10.2 Å². The smallest absolute Gasteiger partial charge is 0.141 e. The molecule has 1 aromatic heterocycles.